The van der Waals surface area contributed by atoms with Crippen molar-refractivity contribution in [3.05, 3.63) is 12.4 Å². The van der Waals surface area contributed by atoms with Crippen LogP contribution in [-0.4, -0.2) is 22.2 Å². The van der Waals surface area contributed by atoms with Crippen molar-refractivity contribution in [2.45, 2.75) is 63.7 Å². The lowest BCUT2D eigenvalue weighted by atomic mass is 10.2. The number of hydrogen-bond donors (Lipinski definition) is 1. The summed E-state index contributed by atoms with van der Waals surface area (Å²) in [6.07, 6.45) is 3.31. The minimum Gasteiger partial charge on any atom is -0.269 e. The molecule has 110 valence electrons. The number of rotatable bonds is 3. The molecule has 0 bridgehead atoms. The molecule has 2 N–H and O–H groups in total. The molecular formula is C12H26N4OSSi. The third-order valence-electron chi connectivity index (χ3n) is 3.64. The summed E-state index contributed by atoms with van der Waals surface area (Å²) in [5.41, 5.74) is 0. The van der Waals surface area contributed by atoms with Gasteiger partial charge in [-0.1, -0.05) is 20.8 Å². The summed E-state index contributed by atoms with van der Waals surface area (Å²) in [4.78, 5) is 0.519. The maximum atomic E-state index is 12.7. The standard InChI is InChI=1S/C12H26N4OSSi/c1-10(2)16-9-11(8-14-16)18(13,17)15-19(6,7)12(3,4)5/h8-10H,1-7H3,(H2,13,15,17). The highest BCUT2D eigenvalue weighted by molar-refractivity contribution is 7.92. The normalized spacial score (nSPS) is 16.5. The third kappa shape index (κ3) is 3.67. The van der Waals surface area contributed by atoms with Gasteiger partial charge >= 0.3 is 0 Å². The quantitative estimate of drug-likeness (QED) is 0.871. The molecule has 1 aromatic rings. The number of nitrogens with zero attached hydrogens (tertiary/aromatic N) is 3. The van der Waals surface area contributed by atoms with E-state index in [9.17, 15) is 4.21 Å². The van der Waals surface area contributed by atoms with Crippen molar-refractivity contribution >= 4 is 18.2 Å². The van der Waals surface area contributed by atoms with Gasteiger partial charge in [0.25, 0.3) is 0 Å². The SMILES string of the molecule is CC(C)n1cc(S(N)(=O)=N[Si](C)(C)C(C)(C)C)cn1. The van der Waals surface area contributed by atoms with Gasteiger partial charge in [0.15, 0.2) is 8.24 Å². The summed E-state index contributed by atoms with van der Waals surface area (Å²) in [7, 11) is -4.91. The lowest BCUT2D eigenvalue weighted by Crippen LogP contribution is -2.37. The molecule has 0 fully saturated rings. The molecule has 0 aliphatic rings. The first-order valence-corrected chi connectivity index (χ1v) is 11.0. The number of nitrogens with two attached hydrogens (primary N) is 1. The van der Waals surface area contributed by atoms with Gasteiger partial charge in [-0.3, -0.25) is 8.71 Å². The van der Waals surface area contributed by atoms with Crippen molar-refractivity contribution < 1.29 is 4.21 Å². The highest BCUT2D eigenvalue weighted by Gasteiger charge is 2.37. The van der Waals surface area contributed by atoms with Crippen molar-refractivity contribution in [1.29, 1.82) is 0 Å². The second-order valence-corrected chi connectivity index (χ2v) is 13.7. The summed E-state index contributed by atoms with van der Waals surface area (Å²) in [6, 6.07) is 0.219. The van der Waals surface area contributed by atoms with Crippen LogP contribution < -0.4 is 5.14 Å². The maximum absolute atomic E-state index is 12.7. The van der Waals surface area contributed by atoms with Crippen molar-refractivity contribution in [2.75, 3.05) is 0 Å². The van der Waals surface area contributed by atoms with Crippen LogP contribution in [0.15, 0.2) is 21.3 Å². The maximum Gasteiger partial charge on any atom is 0.195 e. The van der Waals surface area contributed by atoms with Gasteiger partial charge in [0.1, 0.15) is 9.92 Å². The largest absolute Gasteiger partial charge is 0.269 e. The van der Waals surface area contributed by atoms with Crippen LogP contribution in [0.2, 0.25) is 18.1 Å². The van der Waals surface area contributed by atoms with E-state index in [0.29, 0.717) is 4.90 Å². The Balaban J connectivity index is 3.27. The molecule has 7 heteroatoms. The van der Waals surface area contributed by atoms with Gasteiger partial charge in [-0.15, -0.1) is 0 Å². The Bertz CT molecular complexity index is 563. The number of hydrogen-bond acceptors (Lipinski definition) is 3. The van der Waals surface area contributed by atoms with Gasteiger partial charge in [0.2, 0.25) is 0 Å². The first-order chi connectivity index (χ1) is 8.37. The van der Waals surface area contributed by atoms with Crippen LogP contribution >= 0.6 is 0 Å². The predicted octanol–water partition coefficient (Wildman–Crippen LogP) is 3.17. The predicted molar refractivity (Wildman–Crippen MR) is 82.8 cm³/mol. The van der Waals surface area contributed by atoms with Crippen LogP contribution in [0.5, 0.6) is 0 Å². The summed E-state index contributed by atoms with van der Waals surface area (Å²) in [6.45, 7) is 14.6. The summed E-state index contributed by atoms with van der Waals surface area (Å²) >= 11 is 0. The number of aromatic nitrogens is 2. The van der Waals surface area contributed by atoms with Crippen molar-refractivity contribution in [3.8, 4) is 0 Å². The van der Waals surface area contributed by atoms with Crippen molar-refractivity contribution in [2.24, 2.45) is 9.17 Å². The second kappa shape index (κ2) is 5.03. The molecule has 0 spiro atoms. The lowest BCUT2D eigenvalue weighted by Gasteiger charge is -2.32. The summed E-state index contributed by atoms with van der Waals surface area (Å²) in [5, 5.41) is 10.2. The van der Waals surface area contributed by atoms with Gasteiger partial charge in [-0.2, -0.15) is 5.10 Å². The highest BCUT2D eigenvalue weighted by Crippen LogP contribution is 2.37. The molecule has 0 aliphatic carbocycles. The second-order valence-electron chi connectivity index (χ2n) is 6.72. The van der Waals surface area contributed by atoms with Gasteiger partial charge < -0.3 is 0 Å². The smallest absolute Gasteiger partial charge is 0.195 e. The highest BCUT2D eigenvalue weighted by atomic mass is 32.2. The Kier molecular flexibility index (Phi) is 4.34. The molecule has 1 atom stereocenters. The van der Waals surface area contributed by atoms with Crippen LogP contribution in [0.1, 0.15) is 40.7 Å². The van der Waals surface area contributed by atoms with Gasteiger partial charge in [-0.05, 0) is 32.0 Å². The zero-order valence-corrected chi connectivity index (χ0v) is 14.8. The Morgan fingerprint density at radius 3 is 2.32 bits per heavy atom. The van der Waals surface area contributed by atoms with E-state index in [1.807, 2.05) is 13.8 Å². The molecule has 5 nitrogen and oxygen atoms in total. The van der Waals surface area contributed by atoms with E-state index >= 15 is 0 Å². The van der Waals surface area contributed by atoms with Crippen LogP contribution in [0.4, 0.5) is 0 Å². The third-order valence-corrected chi connectivity index (χ3v) is 11.1. The molecule has 19 heavy (non-hydrogen) atoms. The fourth-order valence-electron chi connectivity index (χ4n) is 1.28. The molecule has 0 aromatic carbocycles. The van der Waals surface area contributed by atoms with E-state index < -0.39 is 18.2 Å². The Labute approximate surface area is 118 Å². The molecule has 0 amide bonds. The minimum absolute atomic E-state index is 0.0169. The fourth-order valence-corrected chi connectivity index (χ4v) is 5.97. The Hall–Kier alpha value is -0.663. The summed E-state index contributed by atoms with van der Waals surface area (Å²) < 4.78 is 19.0. The molecule has 1 unspecified atom stereocenters. The molecule has 1 heterocycles. The monoisotopic (exact) mass is 302 g/mol. The van der Waals surface area contributed by atoms with E-state index in [1.54, 1.807) is 17.1 Å². The van der Waals surface area contributed by atoms with Gasteiger partial charge in [0.05, 0.1) is 11.1 Å². The zero-order valence-electron chi connectivity index (χ0n) is 13.0. The van der Waals surface area contributed by atoms with E-state index in [1.165, 1.54) is 0 Å². The Morgan fingerprint density at radius 1 is 1.42 bits per heavy atom. The molecule has 0 saturated carbocycles. The fraction of sp³-hybridized carbons (Fsp3) is 0.750. The van der Waals surface area contributed by atoms with E-state index in [2.05, 4.69) is 43.0 Å². The molecule has 0 aliphatic heterocycles. The van der Waals surface area contributed by atoms with Crippen molar-refractivity contribution in [3.63, 3.8) is 0 Å². The average Bonchev–Trinajstić information content (AvgIpc) is 2.62. The van der Waals surface area contributed by atoms with Crippen LogP contribution in [-0.2, 0) is 9.92 Å². The van der Waals surface area contributed by atoms with Crippen LogP contribution in [0.25, 0.3) is 0 Å². The van der Waals surface area contributed by atoms with E-state index in [4.69, 9.17) is 5.14 Å². The van der Waals surface area contributed by atoms with Crippen molar-refractivity contribution in [1.82, 2.24) is 9.78 Å². The zero-order chi connectivity index (χ0) is 15.1. The first kappa shape index (κ1) is 16.4. The first-order valence-electron chi connectivity index (χ1n) is 6.47. The van der Waals surface area contributed by atoms with Crippen LogP contribution in [0.3, 0.4) is 0 Å². The average molecular weight is 303 g/mol. The lowest BCUT2D eigenvalue weighted by molar-refractivity contribution is 0.531. The summed E-state index contributed by atoms with van der Waals surface area (Å²) in [5.74, 6) is 0. The van der Waals surface area contributed by atoms with Crippen LogP contribution in [0, 0.1) is 0 Å². The Morgan fingerprint density at radius 2 is 1.95 bits per heavy atom. The van der Waals surface area contributed by atoms with Gasteiger partial charge in [-0.25, -0.2) is 9.35 Å². The molecule has 0 saturated heterocycles. The molecular weight excluding hydrogens is 276 g/mol. The van der Waals surface area contributed by atoms with E-state index in [0.717, 1.165) is 0 Å². The topological polar surface area (TPSA) is 73.3 Å². The molecule has 1 aromatic heterocycles. The molecule has 0 radical (unpaired) electrons. The molecule has 1 rings (SSSR count). The van der Waals surface area contributed by atoms with Gasteiger partial charge in [0, 0.05) is 12.2 Å². The minimum atomic E-state index is -2.86. The van der Waals surface area contributed by atoms with E-state index in [-0.39, 0.29) is 11.1 Å².